The van der Waals surface area contributed by atoms with Gasteiger partial charge in [-0.15, -0.1) is 4.99 Å². The standard InChI is InChI=1S/C34H48IN5O9S/c1-24-11-14-26(15-12-24)50(44,45)47-20-10-19-46-28-16-13-25(21-27(28)35)17-18-40(32(43)49-34(5,6)7)29(36-30(41)48-33(2,3)4)39-22-37(8)31(42)38(9)23-39/h11-16,21H,10,17-20,22-23H2,1-9H3. The third-order valence-corrected chi connectivity index (χ3v) is 9.03. The van der Waals surface area contributed by atoms with E-state index in [1.165, 1.54) is 26.8 Å². The molecule has 2 aromatic carbocycles. The highest BCUT2D eigenvalue weighted by Crippen LogP contribution is 2.24. The predicted molar refractivity (Wildman–Crippen MR) is 196 cm³/mol. The highest BCUT2D eigenvalue weighted by atomic mass is 127. The number of carbonyl (C=O) groups excluding carboxylic acids is 3. The first-order valence-electron chi connectivity index (χ1n) is 16.1. The van der Waals surface area contributed by atoms with Crippen molar-refractivity contribution in [3.63, 3.8) is 0 Å². The van der Waals surface area contributed by atoms with Gasteiger partial charge in [-0.2, -0.15) is 8.42 Å². The summed E-state index contributed by atoms with van der Waals surface area (Å²) < 4.78 is 47.9. The van der Waals surface area contributed by atoms with Crippen LogP contribution < -0.4 is 4.74 Å². The van der Waals surface area contributed by atoms with E-state index in [4.69, 9.17) is 18.4 Å². The number of halogens is 1. The fourth-order valence-corrected chi connectivity index (χ4v) is 6.27. The van der Waals surface area contributed by atoms with E-state index in [2.05, 4.69) is 27.6 Å². The summed E-state index contributed by atoms with van der Waals surface area (Å²) in [6, 6.07) is 11.8. The molecular weight excluding hydrogens is 781 g/mol. The van der Waals surface area contributed by atoms with E-state index < -0.39 is 33.5 Å². The van der Waals surface area contributed by atoms with Crippen molar-refractivity contribution in [3.05, 3.63) is 57.2 Å². The van der Waals surface area contributed by atoms with Gasteiger partial charge in [0.2, 0.25) is 5.96 Å². The summed E-state index contributed by atoms with van der Waals surface area (Å²) in [5.74, 6) is 0.594. The van der Waals surface area contributed by atoms with Gasteiger partial charge >= 0.3 is 18.2 Å². The quantitative estimate of drug-likeness (QED) is 0.0911. The summed E-state index contributed by atoms with van der Waals surface area (Å²) in [4.78, 5) is 49.3. The Morgan fingerprint density at radius 3 is 2.08 bits per heavy atom. The van der Waals surface area contributed by atoms with Gasteiger partial charge in [0.05, 0.1) is 35.0 Å². The molecule has 0 unspecified atom stereocenters. The minimum Gasteiger partial charge on any atom is -0.492 e. The number of ether oxygens (including phenoxy) is 3. The summed E-state index contributed by atoms with van der Waals surface area (Å²) in [5, 5.41) is 0. The summed E-state index contributed by atoms with van der Waals surface area (Å²) >= 11 is 2.15. The smallest absolute Gasteiger partial charge is 0.437 e. The molecular formula is C34H48IN5O9S. The van der Waals surface area contributed by atoms with Gasteiger partial charge in [0.15, 0.2) is 0 Å². The van der Waals surface area contributed by atoms with Crippen LogP contribution in [0.2, 0.25) is 0 Å². The number of hydrogen-bond donors (Lipinski definition) is 0. The molecule has 0 saturated carbocycles. The number of nitrogens with zero attached hydrogens (tertiary/aromatic N) is 5. The zero-order valence-electron chi connectivity index (χ0n) is 30.2. The number of amides is 4. The van der Waals surface area contributed by atoms with E-state index in [1.54, 1.807) is 78.7 Å². The van der Waals surface area contributed by atoms with Crippen molar-refractivity contribution < 1.29 is 41.2 Å². The van der Waals surface area contributed by atoms with Crippen molar-refractivity contribution in [2.24, 2.45) is 4.99 Å². The fourth-order valence-electron chi connectivity index (χ4n) is 4.59. The number of rotatable bonds is 10. The molecule has 1 heterocycles. The first-order valence-corrected chi connectivity index (χ1v) is 18.5. The van der Waals surface area contributed by atoms with Crippen molar-refractivity contribution >= 4 is 56.9 Å². The molecule has 16 heteroatoms. The van der Waals surface area contributed by atoms with Crippen LogP contribution in [0.5, 0.6) is 5.75 Å². The number of benzene rings is 2. The number of aryl methyl sites for hydroxylation is 1. The lowest BCUT2D eigenvalue weighted by Crippen LogP contribution is -2.61. The molecule has 1 saturated heterocycles. The van der Waals surface area contributed by atoms with Gasteiger partial charge in [-0.05, 0) is 107 Å². The minimum atomic E-state index is -3.85. The second kappa shape index (κ2) is 17.0. The second-order valence-corrected chi connectivity index (χ2v) is 16.6. The molecule has 0 aliphatic carbocycles. The Kier molecular flexibility index (Phi) is 13.9. The zero-order valence-corrected chi connectivity index (χ0v) is 33.2. The van der Waals surface area contributed by atoms with Gasteiger partial charge in [-0.1, -0.05) is 23.8 Å². The highest BCUT2D eigenvalue weighted by Gasteiger charge is 2.35. The molecule has 0 aromatic heterocycles. The van der Waals surface area contributed by atoms with E-state index in [-0.39, 0.29) is 50.0 Å². The van der Waals surface area contributed by atoms with E-state index in [1.807, 2.05) is 19.1 Å². The first kappa shape index (κ1) is 40.8. The molecule has 1 aliphatic heterocycles. The van der Waals surface area contributed by atoms with Crippen LogP contribution >= 0.6 is 22.6 Å². The van der Waals surface area contributed by atoms with E-state index in [0.717, 1.165) is 14.7 Å². The van der Waals surface area contributed by atoms with Gasteiger partial charge in [0.1, 0.15) is 17.0 Å². The van der Waals surface area contributed by atoms with Gasteiger partial charge < -0.3 is 28.9 Å². The van der Waals surface area contributed by atoms with Gasteiger partial charge in [0, 0.05) is 27.1 Å². The molecule has 1 aliphatic rings. The molecule has 276 valence electrons. The summed E-state index contributed by atoms with van der Waals surface area (Å²) in [6.07, 6.45) is -0.910. The maximum atomic E-state index is 13.7. The van der Waals surface area contributed by atoms with Crippen molar-refractivity contribution in [3.8, 4) is 5.75 Å². The number of carbonyl (C=O) groups is 3. The molecule has 0 bridgehead atoms. The average molecular weight is 830 g/mol. The monoisotopic (exact) mass is 829 g/mol. The van der Waals surface area contributed by atoms with E-state index in [9.17, 15) is 22.8 Å². The number of hydrogen-bond acceptors (Lipinski definition) is 9. The van der Waals surface area contributed by atoms with Gasteiger partial charge in [0.25, 0.3) is 10.1 Å². The number of aliphatic imine (C=N–C) groups is 1. The SMILES string of the molecule is Cc1ccc(S(=O)(=O)OCCCOc2ccc(CCN(C(=O)OC(C)(C)C)C(=NC(=O)OC(C)(C)C)N3CN(C)C(=O)N(C)C3)cc2I)cc1. The lowest BCUT2D eigenvalue weighted by molar-refractivity contribution is 0.0314. The van der Waals surface area contributed by atoms with E-state index in [0.29, 0.717) is 18.6 Å². The van der Waals surface area contributed by atoms with Crippen molar-refractivity contribution in [1.82, 2.24) is 19.6 Å². The van der Waals surface area contributed by atoms with Crippen LogP contribution in [0.4, 0.5) is 14.4 Å². The summed E-state index contributed by atoms with van der Waals surface area (Å²) in [5.41, 5.74) is 0.137. The first-order chi connectivity index (χ1) is 23.1. The van der Waals surface area contributed by atoms with Crippen LogP contribution in [0.25, 0.3) is 0 Å². The Bertz CT molecular complexity index is 1640. The highest BCUT2D eigenvalue weighted by molar-refractivity contribution is 14.1. The molecule has 50 heavy (non-hydrogen) atoms. The number of guanidine groups is 1. The van der Waals surface area contributed by atoms with Crippen LogP contribution in [-0.4, -0.2) is 111 Å². The third kappa shape index (κ3) is 12.6. The normalized spacial score (nSPS) is 14.5. The topological polar surface area (TPSA) is 148 Å². The van der Waals surface area contributed by atoms with Gasteiger partial charge in [-0.25, -0.2) is 19.3 Å². The zero-order chi connectivity index (χ0) is 37.4. The Balaban J connectivity index is 1.75. The molecule has 3 rings (SSSR count). The van der Waals surface area contributed by atoms with Crippen molar-refractivity contribution in [2.75, 3.05) is 47.2 Å². The molecule has 14 nitrogen and oxygen atoms in total. The Morgan fingerprint density at radius 2 is 1.52 bits per heavy atom. The second-order valence-electron chi connectivity index (χ2n) is 13.8. The van der Waals surface area contributed by atoms with Gasteiger partial charge in [-0.3, -0.25) is 4.18 Å². The lowest BCUT2D eigenvalue weighted by atomic mass is 10.1. The summed E-state index contributed by atoms with van der Waals surface area (Å²) in [7, 11) is -0.631. The molecule has 0 atom stereocenters. The van der Waals surface area contributed by atoms with Crippen LogP contribution in [0.1, 0.15) is 59.1 Å². The Labute approximate surface area is 308 Å². The Hall–Kier alpha value is -3.64. The molecule has 0 N–H and O–H groups in total. The van der Waals surface area contributed by atoms with Crippen LogP contribution in [-0.2, 0) is 30.2 Å². The predicted octanol–water partition coefficient (Wildman–Crippen LogP) is 6.06. The maximum absolute atomic E-state index is 13.7. The largest absolute Gasteiger partial charge is 0.492 e. The Morgan fingerprint density at radius 1 is 0.920 bits per heavy atom. The molecule has 2 aromatic rings. The maximum Gasteiger partial charge on any atom is 0.437 e. The molecule has 0 spiro atoms. The molecule has 4 amide bonds. The van der Waals surface area contributed by atoms with Crippen LogP contribution in [0, 0.1) is 10.5 Å². The van der Waals surface area contributed by atoms with Crippen molar-refractivity contribution in [2.45, 2.75) is 77.4 Å². The average Bonchev–Trinajstić information content (AvgIpc) is 2.98. The molecule has 0 radical (unpaired) electrons. The fraction of sp³-hybridized carbons (Fsp3) is 0.529. The van der Waals surface area contributed by atoms with Crippen LogP contribution in [0.15, 0.2) is 52.4 Å². The molecule has 1 fully saturated rings. The van der Waals surface area contributed by atoms with Crippen LogP contribution in [0.3, 0.4) is 0 Å². The summed E-state index contributed by atoms with van der Waals surface area (Å²) in [6.45, 7) is 12.7. The van der Waals surface area contributed by atoms with Crippen molar-refractivity contribution in [1.29, 1.82) is 0 Å². The number of urea groups is 1. The third-order valence-electron chi connectivity index (χ3n) is 6.86. The lowest BCUT2D eigenvalue weighted by Gasteiger charge is -2.42. The minimum absolute atomic E-state index is 0.0130. The van der Waals surface area contributed by atoms with E-state index >= 15 is 0 Å².